The van der Waals surface area contributed by atoms with Gasteiger partial charge in [-0.3, -0.25) is 14.7 Å². The molecule has 1 fully saturated rings. The van der Waals surface area contributed by atoms with Crippen LogP contribution in [0.5, 0.6) is 0 Å². The largest absolute Gasteiger partial charge is 0.372 e. The number of likely N-dealkylation sites (tertiary alicyclic amines) is 1. The second-order valence-electron chi connectivity index (χ2n) is 5.48. The molecule has 0 spiro atoms. The van der Waals surface area contributed by atoms with Gasteiger partial charge in [0.05, 0.1) is 12.6 Å². The summed E-state index contributed by atoms with van der Waals surface area (Å²) < 4.78 is 0. The minimum Gasteiger partial charge on any atom is -0.372 e. The molecule has 1 aromatic rings. The van der Waals surface area contributed by atoms with Crippen LogP contribution in [0.4, 0.5) is 0 Å². The van der Waals surface area contributed by atoms with Crippen molar-refractivity contribution in [2.24, 2.45) is 16.6 Å². The number of nitrogens with two attached hydrogens (primary N) is 1. The van der Waals surface area contributed by atoms with Crippen LogP contribution in [0.15, 0.2) is 35.3 Å². The highest BCUT2D eigenvalue weighted by atomic mass is 16.1. The van der Waals surface area contributed by atoms with Crippen molar-refractivity contribution in [3.05, 3.63) is 35.9 Å². The summed E-state index contributed by atoms with van der Waals surface area (Å²) in [6, 6.07) is 10.2. The number of likely N-dealkylation sites (N-methyl/N-ethyl adjacent to an activating group) is 1. The molecule has 0 radical (unpaired) electrons. The molecule has 20 heavy (non-hydrogen) atoms. The molecule has 3 rings (SSSR count). The van der Waals surface area contributed by atoms with Gasteiger partial charge in [-0.2, -0.15) is 0 Å². The van der Waals surface area contributed by atoms with Crippen molar-refractivity contribution in [2.75, 3.05) is 20.1 Å². The first-order valence-electron chi connectivity index (χ1n) is 7.03. The van der Waals surface area contributed by atoms with Crippen molar-refractivity contribution in [3.63, 3.8) is 0 Å². The Kier molecular flexibility index (Phi) is 3.44. The minimum atomic E-state index is -0.255. The zero-order chi connectivity index (χ0) is 14.1. The zero-order valence-electron chi connectivity index (χ0n) is 11.6. The minimum absolute atomic E-state index is 0.151. The van der Waals surface area contributed by atoms with E-state index in [1.807, 2.05) is 25.2 Å². The number of rotatable bonds is 3. The van der Waals surface area contributed by atoms with Gasteiger partial charge in [-0.15, -0.1) is 0 Å². The van der Waals surface area contributed by atoms with E-state index in [2.05, 4.69) is 27.3 Å². The van der Waals surface area contributed by atoms with Gasteiger partial charge in [-0.25, -0.2) is 0 Å². The molecule has 1 aromatic carbocycles. The van der Waals surface area contributed by atoms with Crippen LogP contribution in [-0.4, -0.2) is 42.8 Å². The molecule has 106 valence electrons. The van der Waals surface area contributed by atoms with E-state index in [0.717, 1.165) is 25.3 Å². The summed E-state index contributed by atoms with van der Waals surface area (Å²) in [5.74, 6) is 0.978. The number of nitrogens with one attached hydrogen (secondary N) is 1. The highest BCUT2D eigenvalue weighted by Crippen LogP contribution is 2.40. The molecule has 1 saturated heterocycles. The lowest BCUT2D eigenvalue weighted by atomic mass is 9.92. The number of nitrogens with zero attached hydrogens (tertiary/aromatic N) is 2. The highest BCUT2D eigenvalue weighted by Gasteiger charge is 2.44. The number of amides is 1. The lowest BCUT2D eigenvalue weighted by molar-refractivity contribution is -0.122. The van der Waals surface area contributed by atoms with E-state index in [1.54, 1.807) is 0 Å². The van der Waals surface area contributed by atoms with Crippen LogP contribution in [0.3, 0.4) is 0 Å². The SMILES string of the molecule is CN1C(C(N)=O)CC(C2=NCCN2)C1c1ccccc1. The third-order valence-electron chi connectivity index (χ3n) is 4.31. The lowest BCUT2D eigenvalue weighted by Crippen LogP contribution is -2.38. The van der Waals surface area contributed by atoms with E-state index in [1.165, 1.54) is 5.56 Å². The predicted molar refractivity (Wildman–Crippen MR) is 78.3 cm³/mol. The number of hydrogen-bond acceptors (Lipinski definition) is 4. The van der Waals surface area contributed by atoms with E-state index in [0.29, 0.717) is 0 Å². The molecule has 2 heterocycles. The third kappa shape index (κ3) is 2.18. The highest BCUT2D eigenvalue weighted by molar-refractivity contribution is 5.89. The lowest BCUT2D eigenvalue weighted by Gasteiger charge is -2.27. The van der Waals surface area contributed by atoms with Crippen molar-refractivity contribution in [1.29, 1.82) is 0 Å². The Balaban J connectivity index is 1.96. The summed E-state index contributed by atoms with van der Waals surface area (Å²) in [6.07, 6.45) is 0.733. The van der Waals surface area contributed by atoms with Gasteiger partial charge in [-0.1, -0.05) is 30.3 Å². The number of amidine groups is 1. The Labute approximate surface area is 118 Å². The molecular weight excluding hydrogens is 252 g/mol. The monoisotopic (exact) mass is 272 g/mol. The average Bonchev–Trinajstić information content (AvgIpc) is 3.06. The Morgan fingerprint density at radius 1 is 1.40 bits per heavy atom. The van der Waals surface area contributed by atoms with Crippen LogP contribution in [0, 0.1) is 5.92 Å². The Hall–Kier alpha value is -1.88. The maximum atomic E-state index is 11.7. The van der Waals surface area contributed by atoms with Crippen molar-refractivity contribution < 1.29 is 4.79 Å². The molecule has 5 nitrogen and oxygen atoms in total. The number of carbonyl (C=O) groups is 1. The van der Waals surface area contributed by atoms with Crippen LogP contribution in [0.2, 0.25) is 0 Å². The van der Waals surface area contributed by atoms with Crippen LogP contribution >= 0.6 is 0 Å². The van der Waals surface area contributed by atoms with E-state index >= 15 is 0 Å². The summed E-state index contributed by atoms with van der Waals surface area (Å²) in [7, 11) is 1.97. The molecule has 1 amide bonds. The maximum Gasteiger partial charge on any atom is 0.234 e. The number of carbonyl (C=O) groups excluding carboxylic acids is 1. The smallest absolute Gasteiger partial charge is 0.234 e. The van der Waals surface area contributed by atoms with Crippen molar-refractivity contribution in [1.82, 2.24) is 10.2 Å². The molecular formula is C15H20N4O. The average molecular weight is 272 g/mol. The van der Waals surface area contributed by atoms with Crippen molar-refractivity contribution in [2.45, 2.75) is 18.5 Å². The molecule has 3 atom stereocenters. The summed E-state index contributed by atoms with van der Waals surface area (Å²) in [4.78, 5) is 18.3. The summed E-state index contributed by atoms with van der Waals surface area (Å²) in [5.41, 5.74) is 6.76. The fourth-order valence-corrected chi connectivity index (χ4v) is 3.37. The third-order valence-corrected chi connectivity index (χ3v) is 4.31. The molecule has 0 aromatic heterocycles. The van der Waals surface area contributed by atoms with Gasteiger partial charge in [0.25, 0.3) is 0 Å². The van der Waals surface area contributed by atoms with Gasteiger partial charge in [0.15, 0.2) is 0 Å². The second-order valence-corrected chi connectivity index (χ2v) is 5.48. The summed E-state index contributed by atoms with van der Waals surface area (Å²) >= 11 is 0. The first-order chi connectivity index (χ1) is 9.68. The molecule has 0 aliphatic carbocycles. The van der Waals surface area contributed by atoms with Crippen LogP contribution in [-0.2, 0) is 4.79 Å². The maximum absolute atomic E-state index is 11.7. The molecule has 2 aliphatic heterocycles. The summed E-state index contributed by atoms with van der Waals surface area (Å²) in [5, 5.41) is 3.35. The van der Waals surface area contributed by atoms with Crippen LogP contribution in [0.25, 0.3) is 0 Å². The first-order valence-corrected chi connectivity index (χ1v) is 7.03. The van der Waals surface area contributed by atoms with Gasteiger partial charge < -0.3 is 11.1 Å². The van der Waals surface area contributed by atoms with E-state index in [-0.39, 0.29) is 23.9 Å². The quantitative estimate of drug-likeness (QED) is 0.843. The molecule has 5 heteroatoms. The molecule has 3 unspecified atom stereocenters. The van der Waals surface area contributed by atoms with Crippen LogP contribution in [0.1, 0.15) is 18.0 Å². The zero-order valence-corrected chi connectivity index (χ0v) is 11.6. The number of benzene rings is 1. The standard InChI is InChI=1S/C15H20N4O/c1-19-12(14(16)20)9-11(15-17-7-8-18-15)13(19)10-5-3-2-4-6-10/h2-6,11-13H,7-9H2,1H3,(H2,16,20)(H,17,18). The van der Waals surface area contributed by atoms with E-state index in [4.69, 9.17) is 5.73 Å². The first kappa shape index (κ1) is 13.1. The molecule has 0 bridgehead atoms. The predicted octanol–water partition coefficient (Wildman–Crippen LogP) is 0.535. The number of primary amides is 1. The van der Waals surface area contributed by atoms with Crippen LogP contribution < -0.4 is 11.1 Å². The van der Waals surface area contributed by atoms with Gasteiger partial charge in [-0.05, 0) is 19.0 Å². The summed E-state index contributed by atoms with van der Waals surface area (Å²) in [6.45, 7) is 1.70. The normalized spacial score (nSPS) is 30.1. The van der Waals surface area contributed by atoms with E-state index < -0.39 is 0 Å². The van der Waals surface area contributed by atoms with Crippen molar-refractivity contribution in [3.8, 4) is 0 Å². The van der Waals surface area contributed by atoms with Gasteiger partial charge in [0.1, 0.15) is 5.84 Å². The Bertz CT molecular complexity index is 528. The van der Waals surface area contributed by atoms with Gasteiger partial charge in [0, 0.05) is 18.5 Å². The fourth-order valence-electron chi connectivity index (χ4n) is 3.37. The number of hydrogen-bond donors (Lipinski definition) is 2. The van der Waals surface area contributed by atoms with E-state index in [9.17, 15) is 4.79 Å². The molecule has 0 saturated carbocycles. The second kappa shape index (κ2) is 5.25. The van der Waals surface area contributed by atoms with Crippen molar-refractivity contribution >= 4 is 11.7 Å². The topological polar surface area (TPSA) is 70.7 Å². The Morgan fingerprint density at radius 3 is 2.75 bits per heavy atom. The molecule has 3 N–H and O–H groups in total. The molecule has 2 aliphatic rings. The Morgan fingerprint density at radius 2 is 2.15 bits per heavy atom. The fraction of sp³-hybridized carbons (Fsp3) is 0.467. The van der Waals surface area contributed by atoms with Gasteiger partial charge >= 0.3 is 0 Å². The number of aliphatic imine (C=N–C) groups is 1. The van der Waals surface area contributed by atoms with Gasteiger partial charge in [0.2, 0.25) is 5.91 Å².